The van der Waals surface area contributed by atoms with Gasteiger partial charge in [-0.15, -0.1) is 0 Å². The van der Waals surface area contributed by atoms with Crippen LogP contribution in [0.5, 0.6) is 0 Å². The zero-order chi connectivity index (χ0) is 26.4. The van der Waals surface area contributed by atoms with Gasteiger partial charge in [-0.3, -0.25) is 14.5 Å². The number of benzene rings is 3. The molecule has 192 valence electrons. The minimum absolute atomic E-state index is 0.110. The molecule has 3 aromatic rings. The Bertz CT molecular complexity index is 1290. The smallest absolute Gasteiger partial charge is 0.411 e. The first kappa shape index (κ1) is 26.1. The molecule has 1 aliphatic heterocycles. The lowest BCUT2D eigenvalue weighted by atomic mass is 10.00. The third kappa shape index (κ3) is 6.44. The van der Waals surface area contributed by atoms with Gasteiger partial charge in [-0.1, -0.05) is 35.9 Å². The average Bonchev–Trinajstić information content (AvgIpc) is 3.20. The highest BCUT2D eigenvalue weighted by Gasteiger charge is 2.47. The molecule has 0 spiro atoms. The fraction of sp³-hybridized carbons (Fsp3) is 0.222. The molecule has 0 saturated carbocycles. The van der Waals surface area contributed by atoms with E-state index in [0.29, 0.717) is 22.9 Å². The van der Waals surface area contributed by atoms with Gasteiger partial charge in [-0.2, -0.15) is 0 Å². The molecular weight excluding hydrogens is 501 g/mol. The molecule has 2 atom stereocenters. The van der Waals surface area contributed by atoms with Gasteiger partial charge in [-0.05, 0) is 59.7 Å². The fourth-order valence-electron chi connectivity index (χ4n) is 4.02. The number of carbonyl (C=O) groups excluding carboxylic acids is 3. The first-order valence-corrected chi connectivity index (χ1v) is 11.9. The highest BCUT2D eigenvalue weighted by atomic mass is 35.5. The van der Waals surface area contributed by atoms with Gasteiger partial charge < -0.3 is 20.1 Å². The zero-order valence-corrected chi connectivity index (χ0v) is 20.7. The van der Waals surface area contributed by atoms with E-state index >= 15 is 0 Å². The summed E-state index contributed by atoms with van der Waals surface area (Å²) >= 11 is 6.10. The molecule has 0 radical (unpaired) electrons. The maximum atomic E-state index is 13.2. The van der Waals surface area contributed by atoms with Gasteiger partial charge in [-0.25, -0.2) is 9.18 Å². The number of hydrogen-bond acceptors (Lipinski definition) is 5. The number of ether oxygens (including phenoxy) is 2. The van der Waals surface area contributed by atoms with Crippen molar-refractivity contribution >= 4 is 35.2 Å². The topological polar surface area (TPSA) is 97.0 Å². The Hall–Kier alpha value is -3.95. The largest absolute Gasteiger partial charge is 0.438 e. The van der Waals surface area contributed by atoms with Crippen molar-refractivity contribution in [3.63, 3.8) is 0 Å². The average molecular weight is 526 g/mol. The molecule has 1 heterocycles. The zero-order valence-electron chi connectivity index (χ0n) is 19.9. The third-order valence-corrected chi connectivity index (χ3v) is 6.02. The van der Waals surface area contributed by atoms with Crippen molar-refractivity contribution in [1.29, 1.82) is 0 Å². The van der Waals surface area contributed by atoms with E-state index in [2.05, 4.69) is 10.6 Å². The molecule has 37 heavy (non-hydrogen) atoms. The summed E-state index contributed by atoms with van der Waals surface area (Å²) in [6.45, 7) is 0.669. The van der Waals surface area contributed by atoms with E-state index < -0.39 is 35.9 Å². The number of cyclic esters (lactones) is 1. The SMILES string of the molecule is COCCNC(=O)C1C(c2cccc(NC(=O)c3ccc(F)cc3)c2)OC(=O)N1Cc1cccc(Cl)c1. The summed E-state index contributed by atoms with van der Waals surface area (Å²) in [6.07, 6.45) is -1.59. The van der Waals surface area contributed by atoms with Crippen LogP contribution in [-0.4, -0.2) is 49.1 Å². The quantitative estimate of drug-likeness (QED) is 0.399. The molecule has 1 saturated heterocycles. The number of rotatable bonds is 9. The summed E-state index contributed by atoms with van der Waals surface area (Å²) in [5, 5.41) is 6.04. The summed E-state index contributed by atoms with van der Waals surface area (Å²) < 4.78 is 23.9. The summed E-state index contributed by atoms with van der Waals surface area (Å²) in [5.74, 6) is -1.29. The molecule has 0 aromatic heterocycles. The molecule has 2 unspecified atom stereocenters. The second kappa shape index (κ2) is 11.9. The summed E-state index contributed by atoms with van der Waals surface area (Å²) in [6, 6.07) is 17.9. The van der Waals surface area contributed by atoms with Crippen LogP contribution in [0.3, 0.4) is 0 Å². The minimum atomic E-state index is -0.980. The van der Waals surface area contributed by atoms with Crippen LogP contribution in [0.4, 0.5) is 14.9 Å². The number of amides is 3. The molecule has 0 aliphatic carbocycles. The Morgan fingerprint density at radius 2 is 1.84 bits per heavy atom. The molecule has 1 aliphatic rings. The molecule has 1 fully saturated rings. The normalized spacial score (nSPS) is 16.8. The van der Waals surface area contributed by atoms with Crippen LogP contribution in [0.2, 0.25) is 5.02 Å². The fourth-order valence-corrected chi connectivity index (χ4v) is 4.23. The van der Waals surface area contributed by atoms with Crippen LogP contribution in [0.15, 0.2) is 72.8 Å². The highest BCUT2D eigenvalue weighted by Crippen LogP contribution is 2.35. The Balaban J connectivity index is 1.59. The lowest BCUT2D eigenvalue weighted by molar-refractivity contribution is -0.126. The Morgan fingerprint density at radius 1 is 1.08 bits per heavy atom. The van der Waals surface area contributed by atoms with Crippen LogP contribution in [0, 0.1) is 5.82 Å². The predicted octanol–water partition coefficient (Wildman–Crippen LogP) is 4.56. The number of hydrogen-bond donors (Lipinski definition) is 2. The van der Waals surface area contributed by atoms with Crippen LogP contribution < -0.4 is 10.6 Å². The van der Waals surface area contributed by atoms with E-state index in [-0.39, 0.29) is 18.7 Å². The van der Waals surface area contributed by atoms with Crippen LogP contribution in [0.1, 0.15) is 27.6 Å². The lowest BCUT2D eigenvalue weighted by Crippen LogP contribution is -2.47. The van der Waals surface area contributed by atoms with Crippen LogP contribution in [0.25, 0.3) is 0 Å². The number of carbonyl (C=O) groups is 3. The van der Waals surface area contributed by atoms with Crippen LogP contribution in [-0.2, 0) is 20.8 Å². The van der Waals surface area contributed by atoms with Gasteiger partial charge in [0.25, 0.3) is 5.91 Å². The number of halogens is 2. The monoisotopic (exact) mass is 525 g/mol. The summed E-state index contributed by atoms with van der Waals surface area (Å²) in [7, 11) is 1.52. The Kier molecular flexibility index (Phi) is 8.37. The van der Waals surface area contributed by atoms with Crippen molar-refractivity contribution in [3.05, 3.63) is 100 Å². The van der Waals surface area contributed by atoms with E-state index in [1.54, 1.807) is 48.5 Å². The lowest BCUT2D eigenvalue weighted by Gasteiger charge is -2.24. The summed E-state index contributed by atoms with van der Waals surface area (Å²) in [5.41, 5.74) is 1.96. The maximum absolute atomic E-state index is 13.2. The van der Waals surface area contributed by atoms with Crippen molar-refractivity contribution in [1.82, 2.24) is 10.2 Å². The van der Waals surface area contributed by atoms with Crippen molar-refractivity contribution in [3.8, 4) is 0 Å². The van der Waals surface area contributed by atoms with Crippen molar-refractivity contribution in [2.45, 2.75) is 18.7 Å². The van der Waals surface area contributed by atoms with Gasteiger partial charge in [0.05, 0.1) is 13.2 Å². The Morgan fingerprint density at radius 3 is 2.57 bits per heavy atom. The first-order valence-electron chi connectivity index (χ1n) is 11.5. The second-order valence-electron chi connectivity index (χ2n) is 8.38. The van der Waals surface area contributed by atoms with Crippen LogP contribution >= 0.6 is 11.6 Å². The highest BCUT2D eigenvalue weighted by molar-refractivity contribution is 6.30. The minimum Gasteiger partial charge on any atom is -0.438 e. The third-order valence-electron chi connectivity index (χ3n) is 5.78. The van der Waals surface area contributed by atoms with Gasteiger partial charge in [0.2, 0.25) is 5.91 Å². The number of anilines is 1. The van der Waals surface area contributed by atoms with E-state index in [4.69, 9.17) is 21.1 Å². The molecule has 10 heteroatoms. The standard InChI is InChI=1S/C27H25ClFN3O5/c1-36-13-12-30-26(34)23-24(37-27(35)32(23)16-17-4-2-6-20(28)14-17)19-5-3-7-22(15-19)31-25(33)18-8-10-21(29)11-9-18/h2-11,14-15,23-24H,12-13,16H2,1H3,(H,30,34)(H,31,33). The van der Waals surface area contributed by atoms with Gasteiger partial charge in [0, 0.05) is 29.9 Å². The molecule has 8 nitrogen and oxygen atoms in total. The molecule has 0 bridgehead atoms. The molecule has 3 amide bonds. The van der Waals surface area contributed by atoms with Crippen molar-refractivity contribution in [2.24, 2.45) is 0 Å². The number of nitrogens with zero attached hydrogens (tertiary/aromatic N) is 1. The van der Waals surface area contributed by atoms with Gasteiger partial charge in [0.1, 0.15) is 5.82 Å². The van der Waals surface area contributed by atoms with Crippen molar-refractivity contribution in [2.75, 3.05) is 25.6 Å². The molecule has 3 aromatic carbocycles. The van der Waals surface area contributed by atoms with Gasteiger partial charge >= 0.3 is 6.09 Å². The van der Waals surface area contributed by atoms with E-state index in [1.807, 2.05) is 0 Å². The predicted molar refractivity (Wildman–Crippen MR) is 136 cm³/mol. The van der Waals surface area contributed by atoms with E-state index in [9.17, 15) is 18.8 Å². The summed E-state index contributed by atoms with van der Waals surface area (Å²) in [4.78, 5) is 40.1. The maximum Gasteiger partial charge on any atom is 0.411 e. The molecule has 2 N–H and O–H groups in total. The van der Waals surface area contributed by atoms with Gasteiger partial charge in [0.15, 0.2) is 12.1 Å². The van der Waals surface area contributed by atoms with Crippen molar-refractivity contribution < 1.29 is 28.2 Å². The Labute approximate surface area is 218 Å². The molecule has 4 rings (SSSR count). The van der Waals surface area contributed by atoms with E-state index in [0.717, 1.165) is 5.56 Å². The number of methoxy groups -OCH3 is 1. The molecular formula is C27H25ClFN3O5. The number of nitrogens with one attached hydrogen (secondary N) is 2. The first-order chi connectivity index (χ1) is 17.9. The second-order valence-corrected chi connectivity index (χ2v) is 8.81. The van der Waals surface area contributed by atoms with E-state index in [1.165, 1.54) is 36.3 Å².